The van der Waals surface area contributed by atoms with Crippen molar-refractivity contribution in [2.45, 2.75) is 46.8 Å². The molecule has 0 fully saturated rings. The molecule has 0 aliphatic rings. The van der Waals surface area contributed by atoms with Crippen LogP contribution < -0.4 is 4.72 Å². The van der Waals surface area contributed by atoms with Crippen molar-refractivity contribution in [1.82, 2.24) is 4.72 Å². The van der Waals surface area contributed by atoms with Gasteiger partial charge in [-0.15, -0.1) is 0 Å². The van der Waals surface area contributed by atoms with Gasteiger partial charge >= 0.3 is 5.97 Å². The number of sulfonamides is 1. The second-order valence-electron chi connectivity index (χ2n) is 5.78. The minimum atomic E-state index is -3.29. The largest absolute Gasteiger partial charge is 0.462 e. The monoisotopic (exact) mass is 295 g/mol. The Morgan fingerprint density at radius 1 is 1.26 bits per heavy atom. The van der Waals surface area contributed by atoms with Crippen LogP contribution in [0.1, 0.15) is 34.6 Å². The lowest BCUT2D eigenvalue weighted by Gasteiger charge is -2.23. The molecule has 0 aliphatic carbocycles. The van der Waals surface area contributed by atoms with E-state index in [0.717, 1.165) is 6.26 Å². The Kier molecular flexibility index (Phi) is 6.96. The lowest BCUT2D eigenvalue weighted by molar-refractivity contribution is -0.158. The van der Waals surface area contributed by atoms with Crippen molar-refractivity contribution in [2.75, 3.05) is 19.4 Å². The molecule has 0 saturated carbocycles. The molecule has 0 bridgehead atoms. The van der Waals surface area contributed by atoms with Crippen LogP contribution in [-0.2, 0) is 24.3 Å². The van der Waals surface area contributed by atoms with Gasteiger partial charge in [-0.3, -0.25) is 4.79 Å². The Morgan fingerprint density at radius 2 is 1.79 bits per heavy atom. The summed E-state index contributed by atoms with van der Waals surface area (Å²) in [6.07, 6.45) is 0.487. The third kappa shape index (κ3) is 9.86. The summed E-state index contributed by atoms with van der Waals surface area (Å²) in [5, 5.41) is 0. The Labute approximate surface area is 115 Å². The van der Waals surface area contributed by atoms with Crippen LogP contribution in [0.25, 0.3) is 0 Å². The van der Waals surface area contributed by atoms with Crippen molar-refractivity contribution >= 4 is 16.0 Å². The van der Waals surface area contributed by atoms with Gasteiger partial charge in [0.25, 0.3) is 0 Å². The molecular formula is C12H25NO5S. The molecule has 0 spiro atoms. The summed E-state index contributed by atoms with van der Waals surface area (Å²) in [7, 11) is -3.29. The second-order valence-corrected chi connectivity index (χ2v) is 7.61. The van der Waals surface area contributed by atoms with Crippen molar-refractivity contribution < 1.29 is 22.7 Å². The van der Waals surface area contributed by atoms with E-state index >= 15 is 0 Å². The Morgan fingerprint density at radius 3 is 2.16 bits per heavy atom. The van der Waals surface area contributed by atoms with Gasteiger partial charge in [0, 0.05) is 6.54 Å². The molecular weight excluding hydrogens is 270 g/mol. The maximum Gasteiger partial charge on any atom is 0.311 e. The number of carbonyl (C=O) groups excluding carboxylic acids is 1. The van der Waals surface area contributed by atoms with Gasteiger partial charge in [-0.25, -0.2) is 13.1 Å². The predicted octanol–water partition coefficient (Wildman–Crippen LogP) is 0.918. The van der Waals surface area contributed by atoms with Gasteiger partial charge in [0.1, 0.15) is 12.7 Å². The number of ether oxygens (including phenoxy) is 2. The fourth-order valence-electron chi connectivity index (χ4n) is 1.16. The zero-order valence-electron chi connectivity index (χ0n) is 12.5. The smallest absolute Gasteiger partial charge is 0.311 e. The van der Waals surface area contributed by atoms with E-state index in [1.54, 1.807) is 20.8 Å². The topological polar surface area (TPSA) is 81.7 Å². The van der Waals surface area contributed by atoms with E-state index in [1.165, 1.54) is 0 Å². The fraction of sp³-hybridized carbons (Fsp3) is 0.917. The van der Waals surface area contributed by atoms with Crippen LogP contribution in [0.5, 0.6) is 0 Å². The van der Waals surface area contributed by atoms with Crippen LogP contribution in [0.15, 0.2) is 0 Å². The number of esters is 1. The zero-order valence-corrected chi connectivity index (χ0v) is 13.3. The van der Waals surface area contributed by atoms with E-state index in [1.807, 2.05) is 13.8 Å². The van der Waals surface area contributed by atoms with Crippen LogP contribution in [0.2, 0.25) is 0 Å². The summed E-state index contributed by atoms with van der Waals surface area (Å²) in [5.41, 5.74) is -0.591. The standard InChI is InChI=1S/C12H25NO5S/c1-9(2)18-10(7-13-19(6,15)16)8-17-11(14)12(3,4)5/h9-10,13H,7-8H2,1-6H3/t10-/m0/s1. The van der Waals surface area contributed by atoms with E-state index in [-0.39, 0.29) is 25.2 Å². The Balaban J connectivity index is 4.40. The summed E-state index contributed by atoms with van der Waals surface area (Å²) in [6.45, 7) is 9.02. The molecule has 114 valence electrons. The molecule has 6 nitrogen and oxygen atoms in total. The van der Waals surface area contributed by atoms with E-state index in [9.17, 15) is 13.2 Å². The number of hydrogen-bond acceptors (Lipinski definition) is 5. The highest BCUT2D eigenvalue weighted by atomic mass is 32.2. The van der Waals surface area contributed by atoms with Crippen molar-refractivity contribution in [3.05, 3.63) is 0 Å². The van der Waals surface area contributed by atoms with Gasteiger partial charge in [0.2, 0.25) is 10.0 Å². The molecule has 1 N–H and O–H groups in total. The molecule has 0 unspecified atom stereocenters. The molecule has 0 aromatic rings. The fourth-order valence-corrected chi connectivity index (χ4v) is 1.65. The zero-order chi connectivity index (χ0) is 15.3. The SMILES string of the molecule is CC(C)O[C@@H](CNS(C)(=O)=O)COC(=O)C(C)(C)C. The van der Waals surface area contributed by atoms with E-state index in [2.05, 4.69) is 4.72 Å². The predicted molar refractivity (Wildman–Crippen MR) is 73.3 cm³/mol. The molecule has 0 aromatic carbocycles. The summed E-state index contributed by atoms with van der Waals surface area (Å²) in [6, 6.07) is 0. The molecule has 0 aromatic heterocycles. The second kappa shape index (κ2) is 7.21. The number of rotatable bonds is 7. The van der Waals surface area contributed by atoms with Gasteiger partial charge in [0.15, 0.2) is 0 Å². The lowest BCUT2D eigenvalue weighted by atomic mass is 9.97. The number of carbonyl (C=O) groups is 1. The average Bonchev–Trinajstić information content (AvgIpc) is 2.18. The maximum atomic E-state index is 11.6. The first-order valence-electron chi connectivity index (χ1n) is 6.19. The summed E-state index contributed by atoms with van der Waals surface area (Å²) in [4.78, 5) is 11.6. The van der Waals surface area contributed by atoms with Crippen molar-refractivity contribution in [1.29, 1.82) is 0 Å². The maximum absolute atomic E-state index is 11.6. The van der Waals surface area contributed by atoms with Crippen LogP contribution in [-0.4, -0.2) is 46.0 Å². The Hall–Kier alpha value is -0.660. The van der Waals surface area contributed by atoms with Crippen molar-refractivity contribution in [3.8, 4) is 0 Å². The normalized spacial score (nSPS) is 14.5. The third-order valence-corrected chi connectivity index (χ3v) is 2.74. The first-order valence-corrected chi connectivity index (χ1v) is 8.08. The molecule has 0 amide bonds. The summed E-state index contributed by atoms with van der Waals surface area (Å²) >= 11 is 0. The molecule has 0 radical (unpaired) electrons. The van der Waals surface area contributed by atoms with Crippen LogP contribution in [0, 0.1) is 5.41 Å². The molecule has 7 heteroatoms. The lowest BCUT2D eigenvalue weighted by Crippen LogP contribution is -2.38. The van der Waals surface area contributed by atoms with E-state index in [4.69, 9.17) is 9.47 Å². The van der Waals surface area contributed by atoms with E-state index < -0.39 is 21.5 Å². The molecule has 0 saturated heterocycles. The highest BCUT2D eigenvalue weighted by molar-refractivity contribution is 7.88. The van der Waals surface area contributed by atoms with Gasteiger partial charge in [-0.2, -0.15) is 0 Å². The van der Waals surface area contributed by atoms with Gasteiger partial charge < -0.3 is 9.47 Å². The Bertz CT molecular complexity index is 383. The van der Waals surface area contributed by atoms with Crippen LogP contribution in [0.3, 0.4) is 0 Å². The molecule has 19 heavy (non-hydrogen) atoms. The van der Waals surface area contributed by atoms with Crippen molar-refractivity contribution in [2.24, 2.45) is 5.41 Å². The molecule has 0 aliphatic heterocycles. The number of hydrogen-bond donors (Lipinski definition) is 1. The first kappa shape index (κ1) is 18.3. The summed E-state index contributed by atoms with van der Waals surface area (Å²) < 4.78 is 35.1. The quantitative estimate of drug-likeness (QED) is 0.706. The third-order valence-electron chi connectivity index (χ3n) is 2.05. The van der Waals surface area contributed by atoms with Crippen molar-refractivity contribution in [3.63, 3.8) is 0 Å². The summed E-state index contributed by atoms with van der Waals surface area (Å²) in [5.74, 6) is -0.343. The minimum absolute atomic E-state index is 0.0246. The van der Waals surface area contributed by atoms with Crippen LogP contribution in [0.4, 0.5) is 0 Å². The molecule has 0 rings (SSSR count). The van der Waals surface area contributed by atoms with Gasteiger partial charge in [-0.05, 0) is 34.6 Å². The average molecular weight is 295 g/mol. The van der Waals surface area contributed by atoms with E-state index in [0.29, 0.717) is 0 Å². The van der Waals surface area contributed by atoms with Gasteiger partial charge in [0.05, 0.1) is 17.8 Å². The highest BCUT2D eigenvalue weighted by Crippen LogP contribution is 2.15. The van der Waals surface area contributed by atoms with Gasteiger partial charge in [-0.1, -0.05) is 0 Å². The molecule has 1 atom stereocenters. The highest BCUT2D eigenvalue weighted by Gasteiger charge is 2.25. The minimum Gasteiger partial charge on any atom is -0.462 e. The first-order chi connectivity index (χ1) is 8.42. The number of nitrogens with one attached hydrogen (secondary N) is 1. The van der Waals surface area contributed by atoms with Crippen LogP contribution >= 0.6 is 0 Å². The molecule has 0 heterocycles.